The van der Waals surface area contributed by atoms with E-state index in [-0.39, 0.29) is 22.4 Å². The van der Waals surface area contributed by atoms with Gasteiger partial charge in [0.1, 0.15) is 11.6 Å². The molecule has 1 aromatic heterocycles. The zero-order valence-corrected chi connectivity index (χ0v) is 13.1. The quantitative estimate of drug-likeness (QED) is 0.658. The lowest BCUT2D eigenvalue weighted by atomic mass is 10.2. The van der Waals surface area contributed by atoms with Crippen molar-refractivity contribution in [2.24, 2.45) is 4.99 Å². The normalized spacial score (nSPS) is 11.9. The summed E-state index contributed by atoms with van der Waals surface area (Å²) < 4.78 is 42.2. The minimum Gasteiger partial charge on any atom is -0.310 e. The predicted octanol–water partition coefficient (Wildman–Crippen LogP) is 4.05. The first kappa shape index (κ1) is 16.2. The van der Waals surface area contributed by atoms with Crippen LogP contribution in [0.2, 0.25) is 0 Å². The molecule has 1 heterocycles. The molecule has 0 unspecified atom stereocenters. The smallest absolute Gasteiger partial charge is 0.279 e. The van der Waals surface area contributed by atoms with Crippen molar-refractivity contribution in [3.63, 3.8) is 0 Å². The summed E-state index contributed by atoms with van der Waals surface area (Å²) in [5.41, 5.74) is 0.359. The summed E-state index contributed by atoms with van der Waals surface area (Å²) in [4.78, 5) is 16.4. The van der Waals surface area contributed by atoms with Gasteiger partial charge in [-0.2, -0.15) is 4.99 Å². The third-order valence-corrected chi connectivity index (χ3v) is 4.32. The summed E-state index contributed by atoms with van der Waals surface area (Å²) in [6.45, 7) is 3.80. The monoisotopic (exact) mass is 348 g/mol. The fourth-order valence-corrected chi connectivity index (χ4v) is 3.33. The number of hydrogen-bond donors (Lipinski definition) is 0. The van der Waals surface area contributed by atoms with Gasteiger partial charge >= 0.3 is 0 Å². The Labute approximate surface area is 139 Å². The second-order valence-corrected chi connectivity index (χ2v) is 5.95. The molecule has 0 fully saturated rings. The van der Waals surface area contributed by atoms with E-state index < -0.39 is 23.4 Å². The Hall–Kier alpha value is -2.67. The van der Waals surface area contributed by atoms with Gasteiger partial charge in [-0.1, -0.05) is 17.4 Å². The van der Waals surface area contributed by atoms with Crippen molar-refractivity contribution in [3.8, 4) is 0 Å². The van der Waals surface area contributed by atoms with Crippen LogP contribution in [0.1, 0.15) is 10.4 Å². The Kier molecular flexibility index (Phi) is 4.35. The third kappa shape index (κ3) is 3.03. The molecule has 7 heteroatoms. The van der Waals surface area contributed by atoms with Crippen molar-refractivity contribution in [1.82, 2.24) is 4.57 Å². The van der Waals surface area contributed by atoms with Crippen molar-refractivity contribution in [3.05, 3.63) is 76.9 Å². The molecular formula is C17H11F3N2OS. The second kappa shape index (κ2) is 6.45. The van der Waals surface area contributed by atoms with Crippen molar-refractivity contribution >= 4 is 27.5 Å². The van der Waals surface area contributed by atoms with Crippen molar-refractivity contribution < 1.29 is 18.0 Å². The predicted molar refractivity (Wildman–Crippen MR) is 86.2 cm³/mol. The number of carbonyl (C=O) groups is 1. The Morgan fingerprint density at radius 2 is 1.88 bits per heavy atom. The van der Waals surface area contributed by atoms with Crippen molar-refractivity contribution in [2.45, 2.75) is 6.54 Å². The SMILES string of the molecule is C=CCn1c(=NC(=O)c2ccc(F)cc2)sc2cc(F)cc(F)c21. The molecule has 0 saturated heterocycles. The highest BCUT2D eigenvalue weighted by atomic mass is 32.1. The number of amides is 1. The molecule has 0 N–H and O–H groups in total. The lowest BCUT2D eigenvalue weighted by Gasteiger charge is -2.02. The van der Waals surface area contributed by atoms with E-state index >= 15 is 0 Å². The van der Waals surface area contributed by atoms with Crippen LogP contribution in [0, 0.1) is 17.5 Å². The van der Waals surface area contributed by atoms with Gasteiger partial charge in [-0.3, -0.25) is 4.79 Å². The molecular weight excluding hydrogens is 337 g/mol. The molecule has 0 aliphatic rings. The van der Waals surface area contributed by atoms with E-state index in [4.69, 9.17) is 0 Å². The fraction of sp³-hybridized carbons (Fsp3) is 0.0588. The number of fused-ring (bicyclic) bond motifs is 1. The van der Waals surface area contributed by atoms with Gasteiger partial charge in [-0.25, -0.2) is 13.2 Å². The molecule has 0 atom stereocenters. The van der Waals surface area contributed by atoms with Crippen LogP contribution < -0.4 is 4.80 Å². The lowest BCUT2D eigenvalue weighted by Crippen LogP contribution is -2.16. The van der Waals surface area contributed by atoms with Crippen LogP contribution in [0.4, 0.5) is 13.2 Å². The van der Waals surface area contributed by atoms with Crippen LogP contribution in [0.25, 0.3) is 10.2 Å². The minimum absolute atomic E-state index is 0.159. The van der Waals surface area contributed by atoms with Gasteiger partial charge in [0.2, 0.25) is 0 Å². The van der Waals surface area contributed by atoms with Crippen LogP contribution in [0.5, 0.6) is 0 Å². The van der Waals surface area contributed by atoms with Gasteiger partial charge < -0.3 is 4.57 Å². The number of benzene rings is 2. The molecule has 0 spiro atoms. The van der Waals surface area contributed by atoms with Gasteiger partial charge in [-0.05, 0) is 30.3 Å². The maximum atomic E-state index is 14.1. The van der Waals surface area contributed by atoms with Crippen LogP contribution in [-0.4, -0.2) is 10.5 Å². The van der Waals surface area contributed by atoms with Crippen LogP contribution in [0.3, 0.4) is 0 Å². The summed E-state index contributed by atoms with van der Waals surface area (Å²) >= 11 is 0.992. The third-order valence-electron chi connectivity index (χ3n) is 3.30. The highest BCUT2D eigenvalue weighted by molar-refractivity contribution is 7.16. The molecule has 3 aromatic rings. The number of carbonyl (C=O) groups excluding carboxylic acids is 1. The molecule has 0 saturated carbocycles. The number of thiazole rings is 1. The van der Waals surface area contributed by atoms with Crippen molar-refractivity contribution in [1.29, 1.82) is 0 Å². The minimum atomic E-state index is -0.737. The summed E-state index contributed by atoms with van der Waals surface area (Å²) in [5.74, 6) is -2.50. The first-order chi connectivity index (χ1) is 11.5. The highest BCUT2D eigenvalue weighted by Crippen LogP contribution is 2.22. The summed E-state index contributed by atoms with van der Waals surface area (Å²) in [7, 11) is 0. The van der Waals surface area contributed by atoms with Gasteiger partial charge in [0.15, 0.2) is 10.6 Å². The number of halogens is 3. The average Bonchev–Trinajstić information content (AvgIpc) is 2.85. The maximum absolute atomic E-state index is 14.1. The van der Waals surface area contributed by atoms with E-state index in [1.54, 1.807) is 0 Å². The molecule has 0 radical (unpaired) electrons. The highest BCUT2D eigenvalue weighted by Gasteiger charge is 2.13. The molecule has 3 rings (SSSR count). The zero-order valence-electron chi connectivity index (χ0n) is 12.3. The Bertz CT molecular complexity index is 1000. The van der Waals surface area contributed by atoms with E-state index in [1.807, 2.05) is 0 Å². The Balaban J connectivity index is 2.19. The summed E-state index contributed by atoms with van der Waals surface area (Å²) in [6, 6.07) is 6.89. The van der Waals surface area contributed by atoms with E-state index in [0.717, 1.165) is 29.5 Å². The number of allylic oxidation sites excluding steroid dienone is 1. The topological polar surface area (TPSA) is 34.4 Å². The number of hydrogen-bond acceptors (Lipinski definition) is 2. The standard InChI is InChI=1S/C17H11F3N2OS/c1-2-7-22-15-13(20)8-12(19)9-14(15)24-17(22)21-16(23)10-3-5-11(18)6-4-10/h2-6,8-9H,1,7H2. The van der Waals surface area contributed by atoms with Crippen LogP contribution in [-0.2, 0) is 6.54 Å². The number of nitrogens with zero attached hydrogens (tertiary/aromatic N) is 2. The largest absolute Gasteiger partial charge is 0.310 e. The molecule has 0 bridgehead atoms. The Morgan fingerprint density at radius 1 is 1.17 bits per heavy atom. The molecule has 3 nitrogen and oxygen atoms in total. The molecule has 0 aliphatic heterocycles. The molecule has 1 amide bonds. The summed E-state index contributed by atoms with van der Waals surface area (Å²) in [6.07, 6.45) is 1.52. The lowest BCUT2D eigenvalue weighted by molar-refractivity contribution is 0.0998. The number of rotatable bonds is 3. The first-order valence-corrected chi connectivity index (χ1v) is 7.75. The molecule has 122 valence electrons. The first-order valence-electron chi connectivity index (χ1n) is 6.93. The van der Waals surface area contributed by atoms with E-state index in [1.165, 1.54) is 28.8 Å². The Morgan fingerprint density at radius 3 is 2.54 bits per heavy atom. The second-order valence-electron chi connectivity index (χ2n) is 4.94. The summed E-state index contributed by atoms with van der Waals surface area (Å²) in [5, 5.41) is 0. The maximum Gasteiger partial charge on any atom is 0.279 e. The molecule has 0 aliphatic carbocycles. The van der Waals surface area contributed by atoms with Gasteiger partial charge in [0, 0.05) is 18.2 Å². The molecule has 24 heavy (non-hydrogen) atoms. The van der Waals surface area contributed by atoms with Crippen molar-refractivity contribution in [2.75, 3.05) is 0 Å². The van der Waals surface area contributed by atoms with E-state index in [0.29, 0.717) is 4.70 Å². The van der Waals surface area contributed by atoms with Crippen LogP contribution in [0.15, 0.2) is 54.0 Å². The van der Waals surface area contributed by atoms with Crippen LogP contribution >= 0.6 is 11.3 Å². The number of aromatic nitrogens is 1. The molecule has 2 aromatic carbocycles. The zero-order chi connectivity index (χ0) is 17.3. The fourth-order valence-electron chi connectivity index (χ4n) is 2.26. The van der Waals surface area contributed by atoms with Gasteiger partial charge in [0.25, 0.3) is 5.91 Å². The van der Waals surface area contributed by atoms with E-state index in [9.17, 15) is 18.0 Å². The van der Waals surface area contributed by atoms with E-state index in [2.05, 4.69) is 11.6 Å². The van der Waals surface area contributed by atoms with Gasteiger partial charge in [0.05, 0.1) is 10.2 Å². The van der Waals surface area contributed by atoms with Gasteiger partial charge in [-0.15, -0.1) is 6.58 Å². The average molecular weight is 348 g/mol.